The van der Waals surface area contributed by atoms with E-state index in [1.165, 1.54) is 11.3 Å². The molecule has 1 heterocycles. The Morgan fingerprint density at radius 3 is 3.12 bits per heavy atom. The van der Waals surface area contributed by atoms with Crippen LogP contribution in [0.25, 0.3) is 0 Å². The third-order valence-corrected chi connectivity index (χ3v) is 2.78. The fraction of sp³-hybridized carbons (Fsp3) is 0.357. The summed E-state index contributed by atoms with van der Waals surface area (Å²) in [5.41, 5.74) is 3.72. The van der Waals surface area contributed by atoms with E-state index in [1.54, 1.807) is 0 Å². The maximum absolute atomic E-state index is 4.23. The molecule has 16 heavy (non-hydrogen) atoms. The number of nitrogens with zero attached hydrogens (tertiary/aromatic N) is 1. The first kappa shape index (κ1) is 10.9. The second kappa shape index (κ2) is 4.97. The Bertz CT molecular complexity index is 435. The molecule has 0 spiro atoms. The molecule has 1 unspecified atom stereocenters. The number of rotatable bonds is 3. The molecule has 2 rings (SSSR count). The van der Waals surface area contributed by atoms with Gasteiger partial charge >= 0.3 is 0 Å². The monoisotopic (exact) mass is 214 g/mol. The standard InChI is InChI=1S/C14H18N2/c1-3-15-10-13-7-8-14(16-13)12-6-4-5-11(2)9-12/h4-5,7-10,12,16H,3,6H2,1-2H3. The lowest BCUT2D eigenvalue weighted by Gasteiger charge is -2.13. The Labute approximate surface area is 96.8 Å². The fourth-order valence-corrected chi connectivity index (χ4v) is 1.97. The van der Waals surface area contributed by atoms with Gasteiger partial charge in [-0.3, -0.25) is 4.99 Å². The van der Waals surface area contributed by atoms with Crippen molar-refractivity contribution in [1.82, 2.24) is 4.98 Å². The van der Waals surface area contributed by atoms with Crippen LogP contribution in [-0.4, -0.2) is 17.7 Å². The number of hydrogen-bond acceptors (Lipinski definition) is 1. The van der Waals surface area contributed by atoms with Crippen molar-refractivity contribution < 1.29 is 0 Å². The Kier molecular flexibility index (Phi) is 3.40. The van der Waals surface area contributed by atoms with Crippen molar-refractivity contribution in [3.05, 3.63) is 47.3 Å². The predicted molar refractivity (Wildman–Crippen MR) is 69.2 cm³/mol. The average molecular weight is 214 g/mol. The van der Waals surface area contributed by atoms with Gasteiger partial charge in [0.25, 0.3) is 0 Å². The van der Waals surface area contributed by atoms with Gasteiger partial charge in [0, 0.05) is 24.4 Å². The minimum Gasteiger partial charge on any atom is -0.357 e. The van der Waals surface area contributed by atoms with Crippen LogP contribution >= 0.6 is 0 Å². The van der Waals surface area contributed by atoms with Gasteiger partial charge in [-0.1, -0.05) is 23.8 Å². The third kappa shape index (κ3) is 2.51. The van der Waals surface area contributed by atoms with Crippen LogP contribution in [0.3, 0.4) is 0 Å². The van der Waals surface area contributed by atoms with Crippen molar-refractivity contribution in [2.45, 2.75) is 26.2 Å². The Balaban J connectivity index is 2.13. The van der Waals surface area contributed by atoms with E-state index in [9.17, 15) is 0 Å². The number of hydrogen-bond donors (Lipinski definition) is 1. The van der Waals surface area contributed by atoms with Crippen molar-refractivity contribution in [3.8, 4) is 0 Å². The second-order valence-corrected chi connectivity index (χ2v) is 4.15. The molecule has 1 aromatic rings. The minimum absolute atomic E-state index is 0.494. The number of aliphatic imine (C=N–C) groups is 1. The van der Waals surface area contributed by atoms with E-state index >= 15 is 0 Å². The smallest absolute Gasteiger partial charge is 0.0564 e. The van der Waals surface area contributed by atoms with Gasteiger partial charge in [0.05, 0.1) is 5.69 Å². The van der Waals surface area contributed by atoms with Crippen LogP contribution in [0, 0.1) is 0 Å². The highest BCUT2D eigenvalue weighted by molar-refractivity contribution is 5.77. The molecular formula is C14H18N2. The number of aromatic amines is 1. The third-order valence-electron chi connectivity index (χ3n) is 2.78. The zero-order valence-electron chi connectivity index (χ0n) is 9.90. The molecule has 0 saturated heterocycles. The molecular weight excluding hydrogens is 196 g/mol. The van der Waals surface area contributed by atoms with Gasteiger partial charge in [-0.2, -0.15) is 0 Å². The molecule has 1 aliphatic carbocycles. The van der Waals surface area contributed by atoms with E-state index < -0.39 is 0 Å². The van der Waals surface area contributed by atoms with Crippen LogP contribution in [0.15, 0.2) is 40.9 Å². The zero-order chi connectivity index (χ0) is 11.4. The molecule has 1 atom stereocenters. The van der Waals surface area contributed by atoms with Crippen molar-refractivity contribution >= 4 is 6.21 Å². The highest BCUT2D eigenvalue weighted by Gasteiger charge is 2.11. The van der Waals surface area contributed by atoms with Crippen molar-refractivity contribution in [3.63, 3.8) is 0 Å². The second-order valence-electron chi connectivity index (χ2n) is 4.15. The van der Waals surface area contributed by atoms with Crippen molar-refractivity contribution in [2.24, 2.45) is 4.99 Å². The molecule has 0 radical (unpaired) electrons. The van der Waals surface area contributed by atoms with Gasteiger partial charge in [-0.15, -0.1) is 0 Å². The van der Waals surface area contributed by atoms with Crippen molar-refractivity contribution in [2.75, 3.05) is 6.54 Å². The van der Waals surface area contributed by atoms with Gasteiger partial charge < -0.3 is 4.98 Å². The summed E-state index contributed by atoms with van der Waals surface area (Å²) in [6, 6.07) is 4.25. The number of aromatic nitrogens is 1. The number of allylic oxidation sites excluding steroid dienone is 4. The van der Waals surface area contributed by atoms with Gasteiger partial charge in [-0.05, 0) is 32.4 Å². The van der Waals surface area contributed by atoms with Crippen LogP contribution in [0.5, 0.6) is 0 Å². The lowest BCUT2D eigenvalue weighted by Crippen LogP contribution is -1.99. The first-order chi connectivity index (χ1) is 7.79. The summed E-state index contributed by atoms with van der Waals surface area (Å²) in [6.45, 7) is 5.02. The molecule has 0 aliphatic heterocycles. The molecule has 0 saturated carbocycles. The highest BCUT2D eigenvalue weighted by Crippen LogP contribution is 2.26. The van der Waals surface area contributed by atoms with Gasteiger partial charge in [-0.25, -0.2) is 0 Å². The summed E-state index contributed by atoms with van der Waals surface area (Å²) in [5.74, 6) is 0.494. The van der Waals surface area contributed by atoms with Crippen molar-refractivity contribution in [1.29, 1.82) is 0 Å². The van der Waals surface area contributed by atoms with Gasteiger partial charge in [0.15, 0.2) is 0 Å². The molecule has 2 heteroatoms. The largest absolute Gasteiger partial charge is 0.357 e. The minimum atomic E-state index is 0.494. The summed E-state index contributed by atoms with van der Waals surface area (Å²) in [6.07, 6.45) is 9.72. The molecule has 1 aromatic heterocycles. The molecule has 0 amide bonds. The molecule has 2 nitrogen and oxygen atoms in total. The lowest BCUT2D eigenvalue weighted by molar-refractivity contribution is 0.815. The summed E-state index contributed by atoms with van der Waals surface area (Å²) in [4.78, 5) is 7.64. The maximum Gasteiger partial charge on any atom is 0.0564 e. The van der Waals surface area contributed by atoms with E-state index in [-0.39, 0.29) is 0 Å². The molecule has 1 aliphatic rings. The predicted octanol–water partition coefficient (Wildman–Crippen LogP) is 3.44. The normalized spacial score (nSPS) is 20.4. The SMILES string of the molecule is CCN=Cc1ccc(C2C=C(C)C=CC2)[nH]1. The maximum atomic E-state index is 4.23. The van der Waals surface area contributed by atoms with Crippen LogP contribution in [0.1, 0.15) is 37.6 Å². The average Bonchev–Trinajstić information content (AvgIpc) is 2.75. The van der Waals surface area contributed by atoms with E-state index in [4.69, 9.17) is 0 Å². The Morgan fingerprint density at radius 2 is 2.38 bits per heavy atom. The van der Waals surface area contributed by atoms with Crippen LogP contribution in [-0.2, 0) is 0 Å². The molecule has 1 N–H and O–H groups in total. The molecule has 0 bridgehead atoms. The summed E-state index contributed by atoms with van der Waals surface area (Å²) >= 11 is 0. The summed E-state index contributed by atoms with van der Waals surface area (Å²) < 4.78 is 0. The van der Waals surface area contributed by atoms with Gasteiger partial charge in [0.2, 0.25) is 0 Å². The first-order valence-electron chi connectivity index (χ1n) is 5.83. The van der Waals surface area contributed by atoms with Crippen LogP contribution in [0.4, 0.5) is 0 Å². The van der Waals surface area contributed by atoms with E-state index in [1.807, 2.05) is 13.1 Å². The molecule has 0 fully saturated rings. The van der Waals surface area contributed by atoms with E-state index in [2.05, 4.69) is 47.3 Å². The Hall–Kier alpha value is -1.57. The quantitative estimate of drug-likeness (QED) is 0.747. The zero-order valence-corrected chi connectivity index (χ0v) is 9.90. The highest BCUT2D eigenvalue weighted by atomic mass is 14.8. The summed E-state index contributed by atoms with van der Waals surface area (Å²) in [5, 5.41) is 0. The van der Waals surface area contributed by atoms with Crippen LogP contribution in [0.2, 0.25) is 0 Å². The molecule has 0 aromatic carbocycles. The first-order valence-corrected chi connectivity index (χ1v) is 5.83. The number of H-pyrrole nitrogens is 1. The topological polar surface area (TPSA) is 28.1 Å². The lowest BCUT2D eigenvalue weighted by atomic mass is 9.94. The van der Waals surface area contributed by atoms with E-state index in [0.717, 1.165) is 18.7 Å². The number of nitrogens with one attached hydrogen (secondary N) is 1. The van der Waals surface area contributed by atoms with Crippen LogP contribution < -0.4 is 0 Å². The summed E-state index contributed by atoms with van der Waals surface area (Å²) in [7, 11) is 0. The Morgan fingerprint density at radius 1 is 1.50 bits per heavy atom. The fourth-order valence-electron chi connectivity index (χ4n) is 1.97. The molecule has 84 valence electrons. The van der Waals surface area contributed by atoms with Gasteiger partial charge in [0.1, 0.15) is 0 Å². The van der Waals surface area contributed by atoms with E-state index in [0.29, 0.717) is 5.92 Å².